The van der Waals surface area contributed by atoms with E-state index in [0.29, 0.717) is 11.3 Å². The van der Waals surface area contributed by atoms with Crippen LogP contribution in [-0.4, -0.2) is 41.7 Å². The Labute approximate surface area is 185 Å². The Kier molecular flexibility index (Phi) is 5.04. The van der Waals surface area contributed by atoms with Gasteiger partial charge in [-0.2, -0.15) is 10.1 Å². The van der Waals surface area contributed by atoms with Crippen molar-refractivity contribution in [3.8, 4) is 5.75 Å². The number of hydrogen-bond acceptors (Lipinski definition) is 6. The van der Waals surface area contributed by atoms with Crippen LogP contribution in [0.1, 0.15) is 25.8 Å². The predicted octanol–water partition coefficient (Wildman–Crippen LogP) is 3.31. The Bertz CT molecular complexity index is 1140. The summed E-state index contributed by atoms with van der Waals surface area (Å²) in [6.45, 7) is 3.61. The molecule has 0 spiro atoms. The van der Waals surface area contributed by atoms with Gasteiger partial charge in [0.05, 0.1) is 24.7 Å². The number of nitrogens with zero attached hydrogens (tertiary/aromatic N) is 2. The highest BCUT2D eigenvalue weighted by Crippen LogP contribution is 2.52. The third-order valence-electron chi connectivity index (χ3n) is 6.60. The Morgan fingerprint density at radius 2 is 1.81 bits per heavy atom. The van der Waals surface area contributed by atoms with E-state index in [1.165, 1.54) is 6.21 Å². The van der Waals surface area contributed by atoms with Crippen LogP contribution in [0.2, 0.25) is 0 Å². The topological polar surface area (TPSA) is 85.3 Å². The van der Waals surface area contributed by atoms with Gasteiger partial charge >= 0.3 is 5.97 Å². The Hall–Kier alpha value is -3.48. The second kappa shape index (κ2) is 7.89. The molecule has 2 bridgehead atoms. The average Bonchev–Trinajstić information content (AvgIpc) is 3.47. The summed E-state index contributed by atoms with van der Waals surface area (Å²) < 4.78 is 10.9. The molecule has 164 valence electrons. The molecule has 0 N–H and O–H groups in total. The van der Waals surface area contributed by atoms with Crippen LogP contribution >= 0.6 is 0 Å². The fourth-order valence-corrected chi connectivity index (χ4v) is 5.13. The molecule has 1 saturated heterocycles. The molecule has 3 aliphatic rings. The number of esters is 1. The maximum atomic E-state index is 13.0. The second-order valence-electron chi connectivity index (χ2n) is 8.44. The van der Waals surface area contributed by atoms with E-state index >= 15 is 0 Å². The zero-order valence-corrected chi connectivity index (χ0v) is 17.9. The normalized spacial score (nSPS) is 26.9. The van der Waals surface area contributed by atoms with Gasteiger partial charge < -0.3 is 9.47 Å². The van der Waals surface area contributed by atoms with Crippen molar-refractivity contribution in [3.05, 3.63) is 54.1 Å². The zero-order valence-electron chi connectivity index (χ0n) is 17.9. The van der Waals surface area contributed by atoms with Crippen LogP contribution in [-0.2, 0) is 19.1 Å². The van der Waals surface area contributed by atoms with Crippen molar-refractivity contribution in [2.45, 2.75) is 26.4 Å². The summed E-state index contributed by atoms with van der Waals surface area (Å²) in [5.74, 6) is -0.875. The summed E-state index contributed by atoms with van der Waals surface area (Å²) in [5, 5.41) is 7.12. The van der Waals surface area contributed by atoms with Gasteiger partial charge in [0.15, 0.2) is 6.10 Å². The smallest absolute Gasteiger partial charge is 0.347 e. The number of hydrazone groups is 1. The van der Waals surface area contributed by atoms with Gasteiger partial charge in [0.2, 0.25) is 0 Å². The zero-order chi connectivity index (χ0) is 22.4. The standard InChI is InChI=1S/C25H24N2O5/c1-3-31-25(30)14(2)32-20-11-10-15-6-4-5-7-18(15)19(20)13-26-27-23(28)21-16-8-9-17(12-16)22(21)24(27)29/h4-11,13-14,16-17,21-22H,3,12H2,1-2H3. The first-order valence-corrected chi connectivity index (χ1v) is 10.9. The number of rotatable bonds is 6. The molecular formula is C25H24N2O5. The SMILES string of the molecule is CCOC(=O)C(C)Oc1ccc2ccccc2c1C=NN1C(=O)C2C3C=CC(C3)C2C1=O. The summed E-state index contributed by atoms with van der Waals surface area (Å²) >= 11 is 0. The number of carbonyl (C=O) groups excluding carboxylic acids is 3. The number of benzene rings is 2. The van der Waals surface area contributed by atoms with Gasteiger partial charge in [-0.05, 0) is 48.9 Å². The maximum Gasteiger partial charge on any atom is 0.347 e. The van der Waals surface area contributed by atoms with Crippen molar-refractivity contribution < 1.29 is 23.9 Å². The summed E-state index contributed by atoms with van der Waals surface area (Å²) in [6, 6.07) is 11.3. The molecule has 5 atom stereocenters. The first-order chi connectivity index (χ1) is 15.5. The third kappa shape index (κ3) is 3.20. The van der Waals surface area contributed by atoms with Gasteiger partial charge in [0.25, 0.3) is 11.8 Å². The number of fused-ring (bicyclic) bond motifs is 6. The van der Waals surface area contributed by atoms with Crippen LogP contribution in [0.4, 0.5) is 0 Å². The molecular weight excluding hydrogens is 408 g/mol. The highest BCUT2D eigenvalue weighted by molar-refractivity contribution is 6.08. The van der Waals surface area contributed by atoms with Gasteiger partial charge in [-0.3, -0.25) is 9.59 Å². The first-order valence-electron chi connectivity index (χ1n) is 10.9. The van der Waals surface area contributed by atoms with E-state index in [9.17, 15) is 14.4 Å². The lowest BCUT2D eigenvalue weighted by molar-refractivity contribution is -0.150. The number of imide groups is 1. The van der Waals surface area contributed by atoms with Crippen LogP contribution in [0.5, 0.6) is 5.75 Å². The molecule has 5 rings (SSSR count). The summed E-state index contributed by atoms with van der Waals surface area (Å²) in [6.07, 6.45) is 5.65. The summed E-state index contributed by atoms with van der Waals surface area (Å²) in [5.41, 5.74) is 0.595. The second-order valence-corrected chi connectivity index (χ2v) is 8.44. The van der Waals surface area contributed by atoms with Crippen molar-refractivity contribution in [1.29, 1.82) is 0 Å². The van der Waals surface area contributed by atoms with E-state index in [2.05, 4.69) is 17.3 Å². The highest BCUT2D eigenvalue weighted by atomic mass is 16.6. The van der Waals surface area contributed by atoms with Crippen molar-refractivity contribution in [1.82, 2.24) is 5.01 Å². The van der Waals surface area contributed by atoms with Crippen LogP contribution in [0.15, 0.2) is 53.7 Å². The Morgan fingerprint density at radius 3 is 2.50 bits per heavy atom. The Balaban J connectivity index is 1.48. The van der Waals surface area contributed by atoms with E-state index in [-0.39, 0.29) is 42.1 Å². The minimum Gasteiger partial charge on any atom is -0.478 e. The fourth-order valence-electron chi connectivity index (χ4n) is 5.13. The lowest BCUT2D eigenvalue weighted by Crippen LogP contribution is -2.28. The predicted molar refractivity (Wildman–Crippen MR) is 118 cm³/mol. The van der Waals surface area contributed by atoms with Gasteiger partial charge in [-0.1, -0.05) is 42.5 Å². The molecule has 2 amide bonds. The number of hydrogen-bond donors (Lipinski definition) is 0. The van der Waals surface area contributed by atoms with Crippen molar-refractivity contribution in [2.24, 2.45) is 28.8 Å². The largest absolute Gasteiger partial charge is 0.478 e. The minimum atomic E-state index is -0.820. The lowest BCUT2D eigenvalue weighted by Gasteiger charge is -2.17. The third-order valence-corrected chi connectivity index (χ3v) is 6.60. The van der Waals surface area contributed by atoms with E-state index in [0.717, 1.165) is 22.2 Å². The summed E-state index contributed by atoms with van der Waals surface area (Å²) in [4.78, 5) is 38.0. The molecule has 2 fully saturated rings. The Morgan fingerprint density at radius 1 is 1.12 bits per heavy atom. The summed E-state index contributed by atoms with van der Waals surface area (Å²) in [7, 11) is 0. The molecule has 1 aliphatic heterocycles. The monoisotopic (exact) mass is 432 g/mol. The molecule has 1 heterocycles. The quantitative estimate of drug-likeness (QED) is 0.303. The first kappa shape index (κ1) is 20.4. The lowest BCUT2D eigenvalue weighted by atomic mass is 9.85. The molecule has 5 unspecified atom stereocenters. The van der Waals surface area contributed by atoms with E-state index < -0.39 is 12.1 Å². The molecule has 32 heavy (non-hydrogen) atoms. The number of ether oxygens (including phenoxy) is 2. The molecule has 0 radical (unpaired) electrons. The van der Waals surface area contributed by atoms with Crippen molar-refractivity contribution >= 4 is 34.8 Å². The van der Waals surface area contributed by atoms with Crippen LogP contribution in [0.3, 0.4) is 0 Å². The van der Waals surface area contributed by atoms with Gasteiger partial charge in [-0.15, -0.1) is 0 Å². The highest BCUT2D eigenvalue weighted by Gasteiger charge is 2.59. The molecule has 7 heteroatoms. The van der Waals surface area contributed by atoms with Crippen LogP contribution in [0, 0.1) is 23.7 Å². The number of amides is 2. The molecule has 7 nitrogen and oxygen atoms in total. The van der Waals surface area contributed by atoms with Gasteiger partial charge in [-0.25, -0.2) is 4.79 Å². The van der Waals surface area contributed by atoms with Gasteiger partial charge in [0, 0.05) is 5.56 Å². The van der Waals surface area contributed by atoms with E-state index in [1.54, 1.807) is 19.9 Å². The average molecular weight is 432 g/mol. The van der Waals surface area contributed by atoms with E-state index in [1.807, 2.05) is 30.3 Å². The van der Waals surface area contributed by atoms with Crippen LogP contribution in [0.25, 0.3) is 10.8 Å². The van der Waals surface area contributed by atoms with Crippen molar-refractivity contribution in [3.63, 3.8) is 0 Å². The minimum absolute atomic E-state index is 0.128. The van der Waals surface area contributed by atoms with Gasteiger partial charge in [0.1, 0.15) is 5.75 Å². The number of carbonyl (C=O) groups is 3. The molecule has 2 aliphatic carbocycles. The molecule has 2 aromatic carbocycles. The molecule has 0 aromatic heterocycles. The number of allylic oxidation sites excluding steroid dienone is 2. The fraction of sp³-hybridized carbons (Fsp3) is 0.360. The maximum absolute atomic E-state index is 13.0. The van der Waals surface area contributed by atoms with E-state index in [4.69, 9.17) is 9.47 Å². The molecule has 1 saturated carbocycles. The molecule has 2 aromatic rings. The van der Waals surface area contributed by atoms with Crippen LogP contribution < -0.4 is 4.74 Å². The van der Waals surface area contributed by atoms with Crippen molar-refractivity contribution in [2.75, 3.05) is 6.61 Å².